The van der Waals surface area contributed by atoms with Gasteiger partial charge in [-0.2, -0.15) is 0 Å². The van der Waals surface area contributed by atoms with Crippen LogP contribution in [0, 0.1) is 12.7 Å². The monoisotopic (exact) mass is 223 g/mol. The Balaban J connectivity index is 2.44. The summed E-state index contributed by atoms with van der Waals surface area (Å²) in [5, 5.41) is 8.79. The lowest BCUT2D eigenvalue weighted by molar-refractivity contribution is -0.135. The number of anilines is 1. The SMILES string of the molecule is Cc1ccc(F)c2c1CCCN2CC(=O)O. The first-order chi connectivity index (χ1) is 7.59. The van der Waals surface area contributed by atoms with E-state index in [1.807, 2.05) is 6.92 Å². The summed E-state index contributed by atoms with van der Waals surface area (Å²) in [7, 11) is 0. The molecule has 0 bridgehead atoms. The largest absolute Gasteiger partial charge is 0.480 e. The third kappa shape index (κ3) is 1.87. The predicted octanol–water partition coefficient (Wildman–Crippen LogP) is 1.97. The summed E-state index contributed by atoms with van der Waals surface area (Å²) in [6.45, 7) is 2.41. The highest BCUT2D eigenvalue weighted by atomic mass is 19.1. The molecule has 1 heterocycles. The number of carboxylic acids is 1. The second-order valence-corrected chi connectivity index (χ2v) is 4.11. The van der Waals surface area contributed by atoms with Crippen LogP contribution in [0.1, 0.15) is 17.5 Å². The van der Waals surface area contributed by atoms with Crippen LogP contribution < -0.4 is 4.90 Å². The maximum atomic E-state index is 13.7. The van der Waals surface area contributed by atoms with Crippen molar-refractivity contribution in [1.29, 1.82) is 0 Å². The molecule has 1 aliphatic rings. The molecule has 0 aromatic heterocycles. The van der Waals surface area contributed by atoms with Gasteiger partial charge in [0.25, 0.3) is 0 Å². The van der Waals surface area contributed by atoms with Crippen molar-refractivity contribution in [1.82, 2.24) is 0 Å². The molecule has 0 spiro atoms. The molecule has 2 rings (SSSR count). The maximum absolute atomic E-state index is 13.7. The number of fused-ring (bicyclic) bond motifs is 1. The van der Waals surface area contributed by atoms with Crippen molar-refractivity contribution in [3.63, 3.8) is 0 Å². The Hall–Kier alpha value is -1.58. The Labute approximate surface area is 93.5 Å². The standard InChI is InChI=1S/C12H14FNO2/c1-8-4-5-10(13)12-9(8)3-2-6-14(12)7-11(15)16/h4-5H,2-3,6-7H2,1H3,(H,15,16). The van der Waals surface area contributed by atoms with Gasteiger partial charge in [-0.15, -0.1) is 0 Å². The molecule has 0 unspecified atom stereocenters. The molecule has 0 atom stereocenters. The summed E-state index contributed by atoms with van der Waals surface area (Å²) in [5.41, 5.74) is 2.47. The Kier molecular flexibility index (Phi) is 2.81. The summed E-state index contributed by atoms with van der Waals surface area (Å²) in [6.07, 6.45) is 1.71. The zero-order valence-electron chi connectivity index (χ0n) is 9.16. The highest BCUT2D eigenvalue weighted by Gasteiger charge is 2.23. The Morgan fingerprint density at radius 1 is 1.56 bits per heavy atom. The van der Waals surface area contributed by atoms with Crippen LogP contribution in [0.15, 0.2) is 12.1 Å². The van der Waals surface area contributed by atoms with Crippen molar-refractivity contribution in [2.75, 3.05) is 18.0 Å². The zero-order chi connectivity index (χ0) is 11.7. The van der Waals surface area contributed by atoms with Crippen molar-refractivity contribution in [3.8, 4) is 0 Å². The fourth-order valence-corrected chi connectivity index (χ4v) is 2.25. The Bertz CT molecular complexity index is 431. The summed E-state index contributed by atoms with van der Waals surface area (Å²) in [6, 6.07) is 3.16. The number of nitrogens with zero attached hydrogens (tertiary/aromatic N) is 1. The summed E-state index contributed by atoms with van der Waals surface area (Å²) < 4.78 is 13.7. The lowest BCUT2D eigenvalue weighted by atomic mass is 9.96. The molecule has 1 aliphatic heterocycles. The minimum absolute atomic E-state index is 0.132. The van der Waals surface area contributed by atoms with E-state index in [1.54, 1.807) is 11.0 Å². The van der Waals surface area contributed by atoms with Gasteiger partial charge in [0.2, 0.25) is 0 Å². The number of aryl methyl sites for hydroxylation is 1. The summed E-state index contributed by atoms with van der Waals surface area (Å²) >= 11 is 0. The quantitative estimate of drug-likeness (QED) is 0.833. The van der Waals surface area contributed by atoms with Gasteiger partial charge in [0.1, 0.15) is 12.4 Å². The van der Waals surface area contributed by atoms with Crippen LogP contribution in [0.3, 0.4) is 0 Å². The molecule has 3 nitrogen and oxygen atoms in total. The van der Waals surface area contributed by atoms with Crippen molar-refractivity contribution < 1.29 is 14.3 Å². The first-order valence-electron chi connectivity index (χ1n) is 5.34. The molecule has 0 saturated carbocycles. The molecule has 0 saturated heterocycles. The third-order valence-corrected chi connectivity index (χ3v) is 2.96. The third-order valence-electron chi connectivity index (χ3n) is 2.96. The molecule has 86 valence electrons. The van der Waals surface area contributed by atoms with E-state index in [0.29, 0.717) is 12.2 Å². The molecular formula is C12H14FNO2. The van der Waals surface area contributed by atoms with Gasteiger partial charge in [-0.05, 0) is 37.0 Å². The van der Waals surface area contributed by atoms with Crippen molar-refractivity contribution in [2.24, 2.45) is 0 Å². The van der Waals surface area contributed by atoms with E-state index in [-0.39, 0.29) is 12.4 Å². The van der Waals surface area contributed by atoms with Gasteiger partial charge in [0.05, 0.1) is 5.69 Å². The number of aliphatic carboxylic acids is 1. The van der Waals surface area contributed by atoms with Crippen LogP contribution >= 0.6 is 0 Å². The van der Waals surface area contributed by atoms with Crippen LogP contribution in [0.2, 0.25) is 0 Å². The number of halogens is 1. The van der Waals surface area contributed by atoms with Gasteiger partial charge in [-0.3, -0.25) is 4.79 Å². The molecule has 1 aromatic rings. The highest BCUT2D eigenvalue weighted by Crippen LogP contribution is 2.32. The first-order valence-corrected chi connectivity index (χ1v) is 5.34. The van der Waals surface area contributed by atoms with Gasteiger partial charge in [0.15, 0.2) is 0 Å². The van der Waals surface area contributed by atoms with E-state index < -0.39 is 5.97 Å². The first kappa shape index (κ1) is 10.9. The normalized spacial score (nSPS) is 14.8. The summed E-state index contributed by atoms with van der Waals surface area (Å²) in [5.74, 6) is -1.24. The van der Waals surface area contributed by atoms with Gasteiger partial charge >= 0.3 is 5.97 Å². The second kappa shape index (κ2) is 4.12. The number of carbonyl (C=O) groups is 1. The number of carboxylic acid groups (broad SMARTS) is 1. The zero-order valence-corrected chi connectivity index (χ0v) is 9.16. The molecule has 0 aliphatic carbocycles. The molecule has 16 heavy (non-hydrogen) atoms. The van der Waals surface area contributed by atoms with Crippen LogP contribution in [-0.4, -0.2) is 24.2 Å². The van der Waals surface area contributed by atoms with E-state index >= 15 is 0 Å². The second-order valence-electron chi connectivity index (χ2n) is 4.11. The van der Waals surface area contributed by atoms with Crippen LogP contribution in [0.4, 0.5) is 10.1 Å². The number of benzene rings is 1. The number of rotatable bonds is 2. The van der Waals surface area contributed by atoms with E-state index in [0.717, 1.165) is 24.0 Å². The predicted molar refractivity (Wildman–Crippen MR) is 59.3 cm³/mol. The Morgan fingerprint density at radius 2 is 2.31 bits per heavy atom. The highest BCUT2D eigenvalue weighted by molar-refractivity contribution is 5.75. The van der Waals surface area contributed by atoms with Gasteiger partial charge in [0, 0.05) is 6.54 Å². The molecule has 1 aromatic carbocycles. The van der Waals surface area contributed by atoms with Gasteiger partial charge in [-0.1, -0.05) is 6.07 Å². The maximum Gasteiger partial charge on any atom is 0.323 e. The lowest BCUT2D eigenvalue weighted by Gasteiger charge is -2.31. The van der Waals surface area contributed by atoms with Crippen LogP contribution in [0.25, 0.3) is 0 Å². The average molecular weight is 223 g/mol. The van der Waals surface area contributed by atoms with Crippen molar-refractivity contribution in [3.05, 3.63) is 29.1 Å². The van der Waals surface area contributed by atoms with E-state index in [2.05, 4.69) is 0 Å². The number of hydrogen-bond acceptors (Lipinski definition) is 2. The molecule has 1 N–H and O–H groups in total. The Morgan fingerprint density at radius 3 is 3.00 bits per heavy atom. The molecule has 0 fully saturated rings. The van der Waals surface area contributed by atoms with Crippen molar-refractivity contribution in [2.45, 2.75) is 19.8 Å². The fourth-order valence-electron chi connectivity index (χ4n) is 2.25. The average Bonchev–Trinajstić information content (AvgIpc) is 2.23. The number of hydrogen-bond donors (Lipinski definition) is 1. The van der Waals surface area contributed by atoms with E-state index in [9.17, 15) is 9.18 Å². The molecular weight excluding hydrogens is 209 g/mol. The minimum atomic E-state index is -0.922. The van der Waals surface area contributed by atoms with Gasteiger partial charge < -0.3 is 10.0 Å². The minimum Gasteiger partial charge on any atom is -0.480 e. The smallest absolute Gasteiger partial charge is 0.323 e. The van der Waals surface area contributed by atoms with E-state index in [4.69, 9.17) is 5.11 Å². The summed E-state index contributed by atoms with van der Waals surface area (Å²) in [4.78, 5) is 12.3. The fraction of sp³-hybridized carbons (Fsp3) is 0.417. The van der Waals surface area contributed by atoms with Crippen LogP contribution in [0.5, 0.6) is 0 Å². The van der Waals surface area contributed by atoms with E-state index in [1.165, 1.54) is 6.07 Å². The molecule has 0 amide bonds. The van der Waals surface area contributed by atoms with Gasteiger partial charge in [-0.25, -0.2) is 4.39 Å². The molecule has 4 heteroatoms. The van der Waals surface area contributed by atoms with Crippen molar-refractivity contribution >= 4 is 11.7 Å². The lowest BCUT2D eigenvalue weighted by Crippen LogP contribution is -2.35. The topological polar surface area (TPSA) is 40.5 Å². The van der Waals surface area contributed by atoms with Crippen LogP contribution in [-0.2, 0) is 11.2 Å². The molecule has 0 radical (unpaired) electrons.